The van der Waals surface area contributed by atoms with Crippen molar-refractivity contribution in [3.05, 3.63) is 59.7 Å². The fourth-order valence-electron chi connectivity index (χ4n) is 3.76. The van der Waals surface area contributed by atoms with Crippen molar-refractivity contribution in [3.63, 3.8) is 0 Å². The number of carbonyl (C=O) groups excluding carboxylic acids is 1. The van der Waals surface area contributed by atoms with Gasteiger partial charge in [0.15, 0.2) is 0 Å². The van der Waals surface area contributed by atoms with Crippen molar-refractivity contribution >= 4 is 11.6 Å². The minimum Gasteiger partial charge on any atom is -0.492 e. The Labute approximate surface area is 174 Å². The molecule has 0 bridgehead atoms. The maximum atomic E-state index is 12.5. The van der Waals surface area contributed by atoms with E-state index in [1.807, 2.05) is 32.0 Å². The highest BCUT2D eigenvalue weighted by Gasteiger charge is 2.21. The van der Waals surface area contributed by atoms with E-state index >= 15 is 0 Å². The van der Waals surface area contributed by atoms with Gasteiger partial charge in [-0.15, -0.1) is 0 Å². The van der Waals surface area contributed by atoms with Gasteiger partial charge in [0.25, 0.3) is 0 Å². The van der Waals surface area contributed by atoms with Gasteiger partial charge < -0.3 is 15.0 Å². The van der Waals surface area contributed by atoms with Gasteiger partial charge in [-0.3, -0.25) is 9.69 Å². The molecule has 0 spiro atoms. The number of hydrogen-bond acceptors (Lipinski definition) is 4. The number of hydrogen-bond donors (Lipinski definition) is 1. The van der Waals surface area contributed by atoms with Gasteiger partial charge in [0, 0.05) is 26.2 Å². The van der Waals surface area contributed by atoms with Crippen LogP contribution in [0.1, 0.15) is 37.9 Å². The molecular weight excluding hydrogens is 362 g/mol. The van der Waals surface area contributed by atoms with E-state index in [-0.39, 0.29) is 11.9 Å². The number of nitrogens with one attached hydrogen (secondary N) is 1. The number of aryl methyl sites for hydroxylation is 1. The number of ether oxygens (including phenoxy) is 1. The highest BCUT2D eigenvalue weighted by molar-refractivity contribution is 5.78. The minimum atomic E-state index is 0.0211. The van der Waals surface area contributed by atoms with Gasteiger partial charge in [-0.2, -0.15) is 0 Å². The number of para-hydroxylation sites is 2. The summed E-state index contributed by atoms with van der Waals surface area (Å²) in [6.07, 6.45) is 1.03. The number of carbonyl (C=O) groups is 1. The summed E-state index contributed by atoms with van der Waals surface area (Å²) in [5.74, 6) is 1.02. The van der Waals surface area contributed by atoms with Crippen LogP contribution in [0.15, 0.2) is 48.5 Å². The molecule has 1 N–H and O–H groups in total. The van der Waals surface area contributed by atoms with Crippen LogP contribution in [0.2, 0.25) is 0 Å². The second-order valence-corrected chi connectivity index (χ2v) is 7.55. The molecule has 1 aliphatic heterocycles. The van der Waals surface area contributed by atoms with Gasteiger partial charge in [0.2, 0.25) is 5.91 Å². The molecule has 5 nitrogen and oxygen atoms in total. The lowest BCUT2D eigenvalue weighted by atomic mass is 10.0. The third-order valence-corrected chi connectivity index (χ3v) is 5.51. The average molecular weight is 396 g/mol. The summed E-state index contributed by atoms with van der Waals surface area (Å²) < 4.78 is 5.76. The standard InChI is InChI=1S/C24H33N3O2/c1-4-20-10-12-21(13-11-20)19(3)25-24(28)18-26-14-16-27(17-15-26)22-8-6-7-9-23(22)29-5-2/h6-13,19H,4-5,14-18H2,1-3H3,(H,25,28)/t19-/m1/s1. The quantitative estimate of drug-likeness (QED) is 0.741. The highest BCUT2D eigenvalue weighted by atomic mass is 16.5. The van der Waals surface area contributed by atoms with Crippen LogP contribution in [0.3, 0.4) is 0 Å². The lowest BCUT2D eigenvalue weighted by molar-refractivity contribution is -0.123. The topological polar surface area (TPSA) is 44.8 Å². The second-order valence-electron chi connectivity index (χ2n) is 7.55. The normalized spacial score (nSPS) is 15.8. The zero-order valence-electron chi connectivity index (χ0n) is 17.9. The number of amides is 1. The Morgan fingerprint density at radius 1 is 1.03 bits per heavy atom. The number of benzene rings is 2. The van der Waals surface area contributed by atoms with Crippen molar-refractivity contribution in [3.8, 4) is 5.75 Å². The Bertz CT molecular complexity index is 783. The maximum Gasteiger partial charge on any atom is 0.234 e. The summed E-state index contributed by atoms with van der Waals surface area (Å²) in [5.41, 5.74) is 3.60. The summed E-state index contributed by atoms with van der Waals surface area (Å²) in [5, 5.41) is 3.14. The maximum absolute atomic E-state index is 12.5. The van der Waals surface area contributed by atoms with Crippen LogP contribution in [0.4, 0.5) is 5.69 Å². The van der Waals surface area contributed by atoms with Crippen molar-refractivity contribution < 1.29 is 9.53 Å². The smallest absolute Gasteiger partial charge is 0.234 e. The second kappa shape index (κ2) is 10.3. The highest BCUT2D eigenvalue weighted by Crippen LogP contribution is 2.28. The van der Waals surface area contributed by atoms with Gasteiger partial charge in [0.05, 0.1) is 24.9 Å². The molecule has 0 radical (unpaired) electrons. The van der Waals surface area contributed by atoms with Gasteiger partial charge in [-0.25, -0.2) is 0 Å². The Hall–Kier alpha value is -2.53. The lowest BCUT2D eigenvalue weighted by Gasteiger charge is -2.36. The van der Waals surface area contributed by atoms with E-state index in [4.69, 9.17) is 4.74 Å². The Balaban J connectivity index is 1.48. The monoisotopic (exact) mass is 395 g/mol. The molecule has 1 atom stereocenters. The Morgan fingerprint density at radius 2 is 1.72 bits per heavy atom. The molecule has 1 fully saturated rings. The van der Waals surface area contributed by atoms with Gasteiger partial charge in [0.1, 0.15) is 5.75 Å². The molecule has 29 heavy (non-hydrogen) atoms. The van der Waals surface area contributed by atoms with Crippen LogP contribution in [0.5, 0.6) is 5.75 Å². The summed E-state index contributed by atoms with van der Waals surface area (Å²) in [7, 11) is 0. The number of rotatable bonds is 8. The molecule has 0 aromatic heterocycles. The number of nitrogens with zero attached hydrogens (tertiary/aromatic N) is 2. The van der Waals surface area contributed by atoms with Crippen LogP contribution >= 0.6 is 0 Å². The molecule has 1 saturated heterocycles. The van der Waals surface area contributed by atoms with Gasteiger partial charge in [-0.1, -0.05) is 43.3 Å². The van der Waals surface area contributed by atoms with E-state index in [1.54, 1.807) is 0 Å². The molecule has 5 heteroatoms. The van der Waals surface area contributed by atoms with Gasteiger partial charge in [-0.05, 0) is 43.5 Å². The Kier molecular flexibility index (Phi) is 7.53. The molecule has 1 heterocycles. The van der Waals surface area contributed by atoms with Crippen molar-refractivity contribution in [2.24, 2.45) is 0 Å². The van der Waals surface area contributed by atoms with E-state index in [9.17, 15) is 4.79 Å². The minimum absolute atomic E-state index is 0.0211. The predicted octanol–water partition coefficient (Wildman–Crippen LogP) is 3.65. The van der Waals surface area contributed by atoms with Gasteiger partial charge >= 0.3 is 0 Å². The molecule has 1 aliphatic rings. The molecule has 0 unspecified atom stereocenters. The fraction of sp³-hybridized carbons (Fsp3) is 0.458. The van der Waals surface area contributed by atoms with Crippen molar-refractivity contribution in [2.45, 2.75) is 33.2 Å². The zero-order valence-corrected chi connectivity index (χ0v) is 17.9. The van der Waals surface area contributed by atoms with E-state index in [0.29, 0.717) is 13.2 Å². The molecule has 0 saturated carbocycles. The first-order valence-electron chi connectivity index (χ1n) is 10.7. The zero-order chi connectivity index (χ0) is 20.6. The Morgan fingerprint density at radius 3 is 2.38 bits per heavy atom. The third-order valence-electron chi connectivity index (χ3n) is 5.51. The average Bonchev–Trinajstić information content (AvgIpc) is 2.75. The van der Waals surface area contributed by atoms with E-state index in [1.165, 1.54) is 5.56 Å². The van der Waals surface area contributed by atoms with Crippen LogP contribution in [-0.4, -0.2) is 50.1 Å². The SMILES string of the molecule is CCOc1ccccc1N1CCN(CC(=O)N[C@H](C)c2ccc(CC)cc2)CC1. The first-order valence-corrected chi connectivity index (χ1v) is 10.7. The molecule has 2 aromatic rings. The molecule has 2 aromatic carbocycles. The van der Waals surface area contributed by atoms with E-state index < -0.39 is 0 Å². The van der Waals surface area contributed by atoms with Crippen LogP contribution in [-0.2, 0) is 11.2 Å². The number of piperazine rings is 1. The molecule has 1 amide bonds. The summed E-state index contributed by atoms with van der Waals surface area (Å²) in [6.45, 7) is 10.8. The van der Waals surface area contributed by atoms with E-state index in [2.05, 4.69) is 52.4 Å². The first-order chi connectivity index (χ1) is 14.1. The molecule has 0 aliphatic carbocycles. The largest absolute Gasteiger partial charge is 0.492 e. The predicted molar refractivity (Wildman–Crippen MR) is 119 cm³/mol. The summed E-state index contributed by atoms with van der Waals surface area (Å²) in [6, 6.07) is 16.7. The molecule has 3 rings (SSSR count). The number of anilines is 1. The molecule has 156 valence electrons. The lowest BCUT2D eigenvalue weighted by Crippen LogP contribution is -2.49. The fourth-order valence-corrected chi connectivity index (χ4v) is 3.76. The first kappa shape index (κ1) is 21.2. The van der Waals surface area contributed by atoms with Crippen LogP contribution in [0, 0.1) is 0 Å². The van der Waals surface area contributed by atoms with Crippen LogP contribution in [0.25, 0.3) is 0 Å². The van der Waals surface area contributed by atoms with Crippen molar-refractivity contribution in [2.75, 3.05) is 44.2 Å². The van der Waals surface area contributed by atoms with Crippen LogP contribution < -0.4 is 15.0 Å². The van der Waals surface area contributed by atoms with Crippen molar-refractivity contribution in [1.82, 2.24) is 10.2 Å². The molecular formula is C24H33N3O2. The van der Waals surface area contributed by atoms with E-state index in [0.717, 1.165) is 49.6 Å². The third kappa shape index (κ3) is 5.73. The summed E-state index contributed by atoms with van der Waals surface area (Å²) in [4.78, 5) is 17.1. The van der Waals surface area contributed by atoms with Crippen molar-refractivity contribution in [1.29, 1.82) is 0 Å². The summed E-state index contributed by atoms with van der Waals surface area (Å²) >= 11 is 0.